The van der Waals surface area contributed by atoms with E-state index in [4.69, 9.17) is 22.1 Å². The molecule has 108 valence electrons. The third-order valence-corrected chi connectivity index (χ3v) is 3.27. The van der Waals surface area contributed by atoms with Crippen LogP contribution in [0.1, 0.15) is 25.3 Å². The van der Waals surface area contributed by atoms with Gasteiger partial charge >= 0.3 is 0 Å². The fourth-order valence-electron chi connectivity index (χ4n) is 1.84. The van der Waals surface area contributed by atoms with Crippen LogP contribution in [0.25, 0.3) is 5.57 Å². The number of hydrogen-bond donors (Lipinski definition) is 0. The first-order valence-electron chi connectivity index (χ1n) is 6.56. The lowest BCUT2D eigenvalue weighted by Gasteiger charge is -2.19. The lowest BCUT2D eigenvalue weighted by molar-refractivity contribution is -0.125. The van der Waals surface area contributed by atoms with Crippen molar-refractivity contribution in [1.29, 1.82) is 10.5 Å². The third kappa shape index (κ3) is 5.30. The van der Waals surface area contributed by atoms with Gasteiger partial charge < -0.3 is 4.90 Å². The van der Waals surface area contributed by atoms with E-state index < -0.39 is 0 Å². The standard InChI is InChI=1S/C16H16ClN3O/c1-13(14-6-2-3-7-15(14)17)12-16(21)20(10-4-8-18)11-5-9-19/h2-3,6-7,12H,4-5,10-11H2,1H3/b13-12+. The van der Waals surface area contributed by atoms with E-state index in [-0.39, 0.29) is 18.7 Å². The molecule has 0 aliphatic rings. The van der Waals surface area contributed by atoms with Crippen LogP contribution in [-0.4, -0.2) is 23.9 Å². The van der Waals surface area contributed by atoms with Crippen molar-refractivity contribution < 1.29 is 4.79 Å². The average Bonchev–Trinajstić information content (AvgIpc) is 2.47. The normalized spacial score (nSPS) is 10.6. The van der Waals surface area contributed by atoms with Crippen molar-refractivity contribution in [1.82, 2.24) is 4.90 Å². The van der Waals surface area contributed by atoms with Crippen molar-refractivity contribution in [2.45, 2.75) is 19.8 Å². The first-order valence-corrected chi connectivity index (χ1v) is 6.94. The number of nitriles is 2. The number of nitrogens with zero attached hydrogens (tertiary/aromatic N) is 3. The number of carbonyl (C=O) groups is 1. The third-order valence-electron chi connectivity index (χ3n) is 2.94. The van der Waals surface area contributed by atoms with Gasteiger partial charge in [-0.05, 0) is 24.1 Å². The molecule has 1 aromatic rings. The minimum Gasteiger partial charge on any atom is -0.337 e. The fraction of sp³-hybridized carbons (Fsp3) is 0.312. The maximum absolute atomic E-state index is 12.2. The smallest absolute Gasteiger partial charge is 0.246 e. The Morgan fingerprint density at radius 1 is 1.24 bits per heavy atom. The average molecular weight is 302 g/mol. The Morgan fingerprint density at radius 2 is 1.81 bits per heavy atom. The molecular weight excluding hydrogens is 286 g/mol. The summed E-state index contributed by atoms with van der Waals surface area (Å²) in [6.07, 6.45) is 1.99. The van der Waals surface area contributed by atoms with E-state index in [1.807, 2.05) is 37.3 Å². The van der Waals surface area contributed by atoms with Crippen LogP contribution in [0.4, 0.5) is 0 Å². The highest BCUT2D eigenvalue weighted by Gasteiger charge is 2.12. The number of rotatable bonds is 6. The summed E-state index contributed by atoms with van der Waals surface area (Å²) in [7, 11) is 0. The quantitative estimate of drug-likeness (QED) is 0.756. The molecule has 1 amide bonds. The van der Waals surface area contributed by atoms with E-state index in [2.05, 4.69) is 0 Å². The molecule has 4 nitrogen and oxygen atoms in total. The molecule has 0 heterocycles. The van der Waals surface area contributed by atoms with Crippen molar-refractivity contribution in [3.8, 4) is 12.1 Å². The summed E-state index contributed by atoms with van der Waals surface area (Å²) in [6.45, 7) is 2.46. The lowest BCUT2D eigenvalue weighted by Crippen LogP contribution is -2.31. The number of carbonyl (C=O) groups excluding carboxylic acids is 1. The summed E-state index contributed by atoms with van der Waals surface area (Å²) in [5.74, 6) is -0.210. The van der Waals surface area contributed by atoms with E-state index in [9.17, 15) is 4.79 Å². The summed E-state index contributed by atoms with van der Waals surface area (Å²) >= 11 is 6.10. The van der Waals surface area contributed by atoms with E-state index in [0.717, 1.165) is 11.1 Å². The number of allylic oxidation sites excluding steroid dienone is 1. The van der Waals surface area contributed by atoms with E-state index in [0.29, 0.717) is 18.1 Å². The maximum Gasteiger partial charge on any atom is 0.246 e. The molecule has 0 N–H and O–H groups in total. The molecule has 0 atom stereocenters. The molecule has 0 aliphatic carbocycles. The van der Waals surface area contributed by atoms with Gasteiger partial charge in [0.15, 0.2) is 0 Å². The Balaban J connectivity index is 2.88. The highest BCUT2D eigenvalue weighted by atomic mass is 35.5. The van der Waals surface area contributed by atoms with Gasteiger partial charge in [0.2, 0.25) is 5.91 Å². The number of benzene rings is 1. The van der Waals surface area contributed by atoms with Crippen LogP contribution in [0.15, 0.2) is 30.3 Å². The Hall–Kier alpha value is -2.30. The summed E-state index contributed by atoms with van der Waals surface area (Å²) in [4.78, 5) is 13.7. The lowest BCUT2D eigenvalue weighted by atomic mass is 10.1. The molecule has 0 bridgehead atoms. The minimum atomic E-state index is -0.210. The van der Waals surface area contributed by atoms with Gasteiger partial charge in [-0.3, -0.25) is 4.79 Å². The number of amides is 1. The van der Waals surface area contributed by atoms with Gasteiger partial charge in [0, 0.05) is 24.2 Å². The van der Waals surface area contributed by atoms with Gasteiger partial charge in [0.1, 0.15) is 0 Å². The molecule has 0 radical (unpaired) electrons. The highest BCUT2D eigenvalue weighted by molar-refractivity contribution is 6.32. The molecule has 1 rings (SSSR count). The van der Waals surface area contributed by atoms with E-state index in [1.165, 1.54) is 11.0 Å². The molecule has 0 saturated heterocycles. The van der Waals surface area contributed by atoms with Crippen LogP contribution in [-0.2, 0) is 4.79 Å². The first-order chi connectivity index (χ1) is 10.1. The molecule has 0 saturated carbocycles. The molecular formula is C16H16ClN3O. The second-order valence-electron chi connectivity index (χ2n) is 4.45. The predicted molar refractivity (Wildman–Crippen MR) is 82.1 cm³/mol. The molecule has 0 aliphatic heterocycles. The van der Waals surface area contributed by atoms with Crippen LogP contribution < -0.4 is 0 Å². The number of hydrogen-bond acceptors (Lipinski definition) is 3. The fourth-order valence-corrected chi connectivity index (χ4v) is 2.12. The van der Waals surface area contributed by atoms with Crippen molar-refractivity contribution in [3.05, 3.63) is 40.9 Å². The van der Waals surface area contributed by atoms with Crippen molar-refractivity contribution in [2.75, 3.05) is 13.1 Å². The van der Waals surface area contributed by atoms with Crippen molar-refractivity contribution in [3.63, 3.8) is 0 Å². The minimum absolute atomic E-state index is 0.210. The molecule has 0 spiro atoms. The molecule has 21 heavy (non-hydrogen) atoms. The van der Waals surface area contributed by atoms with Crippen molar-refractivity contribution >= 4 is 23.1 Å². The second-order valence-corrected chi connectivity index (χ2v) is 4.86. The topological polar surface area (TPSA) is 67.9 Å². The van der Waals surface area contributed by atoms with Gasteiger partial charge in [-0.25, -0.2) is 0 Å². The summed E-state index contributed by atoms with van der Waals surface area (Å²) in [5, 5.41) is 17.8. The largest absolute Gasteiger partial charge is 0.337 e. The molecule has 1 aromatic carbocycles. The zero-order valence-electron chi connectivity index (χ0n) is 11.8. The predicted octanol–water partition coefficient (Wildman–Crippen LogP) is 3.40. The van der Waals surface area contributed by atoms with Crippen LogP contribution in [0.3, 0.4) is 0 Å². The van der Waals surface area contributed by atoms with Gasteiger partial charge in [-0.2, -0.15) is 10.5 Å². The molecule has 0 unspecified atom stereocenters. The monoisotopic (exact) mass is 301 g/mol. The first kappa shape index (κ1) is 16.8. The molecule has 0 aromatic heterocycles. The van der Waals surface area contributed by atoms with Crippen LogP contribution in [0, 0.1) is 22.7 Å². The highest BCUT2D eigenvalue weighted by Crippen LogP contribution is 2.23. The van der Waals surface area contributed by atoms with Crippen LogP contribution in [0.2, 0.25) is 5.02 Å². The summed E-state index contributed by atoms with van der Waals surface area (Å²) in [6, 6.07) is 11.3. The second kappa shape index (κ2) is 8.79. The zero-order chi connectivity index (χ0) is 15.7. The van der Waals surface area contributed by atoms with Crippen molar-refractivity contribution in [2.24, 2.45) is 0 Å². The summed E-state index contributed by atoms with van der Waals surface area (Å²) < 4.78 is 0. The maximum atomic E-state index is 12.2. The number of halogens is 1. The summed E-state index contributed by atoms with van der Waals surface area (Å²) in [5.41, 5.74) is 1.55. The molecule has 5 heteroatoms. The zero-order valence-corrected chi connectivity index (χ0v) is 12.6. The van der Waals surface area contributed by atoms with Gasteiger partial charge in [0.25, 0.3) is 0 Å². The van der Waals surface area contributed by atoms with Crippen LogP contribution in [0.5, 0.6) is 0 Å². The van der Waals surface area contributed by atoms with Gasteiger partial charge in [-0.1, -0.05) is 29.8 Å². The Labute approximate surface area is 129 Å². The van der Waals surface area contributed by atoms with Gasteiger partial charge in [0.05, 0.1) is 25.0 Å². The SMILES string of the molecule is C/C(=C\C(=O)N(CCC#N)CCC#N)c1ccccc1Cl. The van der Waals surface area contributed by atoms with Gasteiger partial charge in [-0.15, -0.1) is 0 Å². The van der Waals surface area contributed by atoms with E-state index in [1.54, 1.807) is 6.07 Å². The Bertz CT molecular complexity index is 593. The molecule has 0 fully saturated rings. The van der Waals surface area contributed by atoms with E-state index >= 15 is 0 Å². The Morgan fingerprint density at radius 3 is 2.33 bits per heavy atom. The Kier molecular flexibility index (Phi) is 7.01. The van der Waals surface area contributed by atoms with Crippen LogP contribution >= 0.6 is 11.6 Å².